The normalized spacial score (nSPS) is 13.5. The first-order valence-electron chi connectivity index (χ1n) is 7.84. The summed E-state index contributed by atoms with van der Waals surface area (Å²) in [6, 6.07) is 6.87. The van der Waals surface area contributed by atoms with E-state index in [9.17, 15) is 0 Å². The van der Waals surface area contributed by atoms with Crippen LogP contribution in [-0.2, 0) is 11.2 Å². The van der Waals surface area contributed by atoms with E-state index in [-0.39, 0.29) is 5.60 Å². The van der Waals surface area contributed by atoms with Gasteiger partial charge in [0, 0.05) is 12.6 Å². The molecule has 0 amide bonds. The number of rotatable bonds is 8. The lowest BCUT2D eigenvalue weighted by molar-refractivity contribution is -0.0380. The van der Waals surface area contributed by atoms with Crippen LogP contribution in [0.2, 0.25) is 0 Å². The second kappa shape index (κ2) is 7.80. The third-order valence-electron chi connectivity index (χ3n) is 4.05. The summed E-state index contributed by atoms with van der Waals surface area (Å²) in [4.78, 5) is 0. The Bertz CT molecular complexity index is 392. The van der Waals surface area contributed by atoms with Crippen LogP contribution in [0, 0.1) is 13.8 Å². The molecule has 0 aliphatic heterocycles. The molecule has 1 atom stereocenters. The smallest absolute Gasteiger partial charge is 0.0781 e. The first-order valence-corrected chi connectivity index (χ1v) is 7.84. The molecule has 2 heteroatoms. The second-order valence-electron chi connectivity index (χ2n) is 6.12. The molecule has 0 bridgehead atoms. The predicted octanol–water partition coefficient (Wildman–Crippen LogP) is 4.03. The van der Waals surface area contributed by atoms with Crippen LogP contribution in [0.1, 0.15) is 50.8 Å². The molecule has 0 saturated carbocycles. The van der Waals surface area contributed by atoms with Crippen molar-refractivity contribution in [2.75, 3.05) is 13.2 Å². The van der Waals surface area contributed by atoms with E-state index in [0.29, 0.717) is 6.04 Å². The molecule has 1 aromatic rings. The van der Waals surface area contributed by atoms with Crippen LogP contribution in [0.25, 0.3) is 0 Å². The molecule has 0 radical (unpaired) electrons. The fraction of sp³-hybridized carbons (Fsp3) is 0.667. The van der Waals surface area contributed by atoms with Crippen LogP contribution in [0.15, 0.2) is 18.2 Å². The second-order valence-corrected chi connectivity index (χ2v) is 6.12. The fourth-order valence-corrected chi connectivity index (χ4v) is 2.73. The van der Waals surface area contributed by atoms with Crippen LogP contribution in [0.5, 0.6) is 0 Å². The van der Waals surface area contributed by atoms with Crippen molar-refractivity contribution in [1.82, 2.24) is 5.32 Å². The van der Waals surface area contributed by atoms with E-state index < -0.39 is 0 Å². The minimum absolute atomic E-state index is 0.154. The maximum Gasteiger partial charge on any atom is 0.0781 e. The summed E-state index contributed by atoms with van der Waals surface area (Å²) in [7, 11) is 0. The SMILES string of the molecule is CCCNC(Cc1c(C)cccc1C)C(C)(C)OCC. The van der Waals surface area contributed by atoms with Gasteiger partial charge in [-0.15, -0.1) is 0 Å². The highest BCUT2D eigenvalue weighted by molar-refractivity contribution is 5.34. The van der Waals surface area contributed by atoms with E-state index in [0.717, 1.165) is 26.0 Å². The van der Waals surface area contributed by atoms with Crippen LogP contribution >= 0.6 is 0 Å². The van der Waals surface area contributed by atoms with Gasteiger partial charge in [0.2, 0.25) is 0 Å². The Morgan fingerprint density at radius 3 is 2.25 bits per heavy atom. The van der Waals surface area contributed by atoms with E-state index in [1.54, 1.807) is 0 Å². The molecule has 114 valence electrons. The summed E-state index contributed by atoms with van der Waals surface area (Å²) in [6.07, 6.45) is 2.16. The predicted molar refractivity (Wildman–Crippen MR) is 87.4 cm³/mol. The summed E-state index contributed by atoms with van der Waals surface area (Å²) in [6.45, 7) is 14.8. The Labute approximate surface area is 124 Å². The van der Waals surface area contributed by atoms with Crippen molar-refractivity contribution >= 4 is 0 Å². The summed E-state index contributed by atoms with van der Waals surface area (Å²) >= 11 is 0. The molecule has 1 N–H and O–H groups in total. The molecule has 0 heterocycles. The van der Waals surface area contributed by atoms with E-state index in [1.807, 2.05) is 0 Å². The Morgan fingerprint density at radius 2 is 1.75 bits per heavy atom. The van der Waals surface area contributed by atoms with Crippen molar-refractivity contribution in [2.24, 2.45) is 0 Å². The lowest BCUT2D eigenvalue weighted by Crippen LogP contribution is -2.50. The number of hydrogen-bond donors (Lipinski definition) is 1. The molecular weight excluding hydrogens is 246 g/mol. The Morgan fingerprint density at radius 1 is 1.15 bits per heavy atom. The monoisotopic (exact) mass is 277 g/mol. The first kappa shape index (κ1) is 17.2. The minimum Gasteiger partial charge on any atom is -0.374 e. The van der Waals surface area contributed by atoms with Gasteiger partial charge in [-0.05, 0) is 70.7 Å². The van der Waals surface area contributed by atoms with Crippen LogP contribution in [0.3, 0.4) is 0 Å². The molecular formula is C18H31NO. The van der Waals surface area contributed by atoms with Crippen LogP contribution in [-0.4, -0.2) is 24.8 Å². The molecule has 0 aliphatic carbocycles. The molecule has 0 aliphatic rings. The summed E-state index contributed by atoms with van der Waals surface area (Å²) in [5, 5.41) is 3.67. The van der Waals surface area contributed by atoms with Gasteiger partial charge in [-0.3, -0.25) is 0 Å². The lowest BCUT2D eigenvalue weighted by Gasteiger charge is -2.35. The Balaban J connectivity index is 2.94. The standard InChI is InChI=1S/C18H31NO/c1-7-12-19-17(18(5,6)20-8-2)13-16-14(3)10-9-11-15(16)4/h9-11,17,19H,7-8,12-13H2,1-6H3. The van der Waals surface area contributed by atoms with E-state index in [4.69, 9.17) is 4.74 Å². The van der Waals surface area contributed by atoms with Crippen molar-refractivity contribution in [3.63, 3.8) is 0 Å². The molecule has 1 aromatic carbocycles. The first-order chi connectivity index (χ1) is 9.42. The zero-order valence-corrected chi connectivity index (χ0v) is 14.0. The molecule has 0 spiro atoms. The average molecular weight is 277 g/mol. The van der Waals surface area contributed by atoms with E-state index in [1.165, 1.54) is 16.7 Å². The van der Waals surface area contributed by atoms with Crippen LogP contribution in [0.4, 0.5) is 0 Å². The highest BCUT2D eigenvalue weighted by Crippen LogP contribution is 2.23. The van der Waals surface area contributed by atoms with Gasteiger partial charge in [0.1, 0.15) is 0 Å². The molecule has 0 aromatic heterocycles. The number of benzene rings is 1. The summed E-state index contributed by atoms with van der Waals surface area (Å²) in [5.41, 5.74) is 4.05. The van der Waals surface area contributed by atoms with Crippen molar-refractivity contribution in [3.8, 4) is 0 Å². The highest BCUT2D eigenvalue weighted by atomic mass is 16.5. The van der Waals surface area contributed by atoms with Gasteiger partial charge in [-0.2, -0.15) is 0 Å². The maximum atomic E-state index is 5.98. The largest absolute Gasteiger partial charge is 0.374 e. The van der Waals surface area contributed by atoms with E-state index >= 15 is 0 Å². The highest BCUT2D eigenvalue weighted by Gasteiger charge is 2.30. The van der Waals surface area contributed by atoms with Crippen molar-refractivity contribution in [3.05, 3.63) is 34.9 Å². The third-order valence-corrected chi connectivity index (χ3v) is 4.05. The minimum atomic E-state index is -0.154. The lowest BCUT2D eigenvalue weighted by atomic mass is 9.88. The maximum absolute atomic E-state index is 5.98. The van der Waals surface area contributed by atoms with E-state index in [2.05, 4.69) is 65.1 Å². The van der Waals surface area contributed by atoms with Crippen LogP contribution < -0.4 is 5.32 Å². The molecule has 20 heavy (non-hydrogen) atoms. The Hall–Kier alpha value is -0.860. The molecule has 1 rings (SSSR count). The van der Waals surface area contributed by atoms with Gasteiger partial charge >= 0.3 is 0 Å². The number of ether oxygens (including phenoxy) is 1. The van der Waals surface area contributed by atoms with Gasteiger partial charge in [-0.1, -0.05) is 25.1 Å². The van der Waals surface area contributed by atoms with Crippen molar-refractivity contribution < 1.29 is 4.74 Å². The molecule has 0 saturated heterocycles. The van der Waals surface area contributed by atoms with Gasteiger partial charge in [-0.25, -0.2) is 0 Å². The average Bonchev–Trinajstić information content (AvgIpc) is 2.37. The number of nitrogens with one attached hydrogen (secondary N) is 1. The summed E-state index contributed by atoms with van der Waals surface area (Å²) < 4.78 is 5.98. The number of hydrogen-bond acceptors (Lipinski definition) is 2. The zero-order valence-electron chi connectivity index (χ0n) is 14.0. The quantitative estimate of drug-likeness (QED) is 0.774. The fourth-order valence-electron chi connectivity index (χ4n) is 2.73. The van der Waals surface area contributed by atoms with Gasteiger partial charge in [0.15, 0.2) is 0 Å². The van der Waals surface area contributed by atoms with Gasteiger partial charge < -0.3 is 10.1 Å². The Kier molecular flexibility index (Phi) is 6.70. The molecule has 2 nitrogen and oxygen atoms in total. The van der Waals surface area contributed by atoms with Crippen molar-refractivity contribution in [2.45, 2.75) is 66.0 Å². The topological polar surface area (TPSA) is 21.3 Å². The summed E-state index contributed by atoms with van der Waals surface area (Å²) in [5.74, 6) is 0. The third kappa shape index (κ3) is 4.60. The zero-order chi connectivity index (χ0) is 15.2. The van der Waals surface area contributed by atoms with Gasteiger partial charge in [0.05, 0.1) is 5.60 Å². The molecule has 1 unspecified atom stereocenters. The molecule has 0 fully saturated rings. The van der Waals surface area contributed by atoms with Crippen molar-refractivity contribution in [1.29, 1.82) is 0 Å². The van der Waals surface area contributed by atoms with Gasteiger partial charge in [0.25, 0.3) is 0 Å². The number of aryl methyl sites for hydroxylation is 2.